The molecule has 1 aromatic rings. The molecule has 0 aliphatic heterocycles. The van der Waals surface area contributed by atoms with Gasteiger partial charge in [0.2, 0.25) is 0 Å². The van der Waals surface area contributed by atoms with E-state index in [1.807, 2.05) is 38.1 Å². The summed E-state index contributed by atoms with van der Waals surface area (Å²) < 4.78 is 0. The lowest BCUT2D eigenvalue weighted by atomic mass is 10.2. The van der Waals surface area contributed by atoms with Crippen LogP contribution in [0.25, 0.3) is 0 Å². The molecule has 6 heteroatoms. The van der Waals surface area contributed by atoms with Crippen LogP contribution in [-0.4, -0.2) is 42.9 Å². The molecule has 0 aliphatic carbocycles. The van der Waals surface area contributed by atoms with E-state index >= 15 is 0 Å². The molecule has 0 unspecified atom stereocenters. The molecule has 0 radical (unpaired) electrons. The average Bonchev–Trinajstić information content (AvgIpc) is 2.43. The summed E-state index contributed by atoms with van der Waals surface area (Å²) in [7, 11) is 3.85. The number of carbonyl (C=O) groups excluding carboxylic acids is 1. The van der Waals surface area contributed by atoms with Crippen molar-refractivity contribution in [1.82, 2.24) is 15.6 Å². The fraction of sp³-hybridized carbons (Fsp3) is 0.538. The first-order chi connectivity index (χ1) is 9.06. The smallest absolute Gasteiger partial charge is 0.315 e. The summed E-state index contributed by atoms with van der Waals surface area (Å²) in [6.07, 6.45) is 2.43. The summed E-state index contributed by atoms with van der Waals surface area (Å²) >= 11 is 0. The van der Waals surface area contributed by atoms with E-state index in [0.29, 0.717) is 13.0 Å². The van der Waals surface area contributed by atoms with E-state index < -0.39 is 0 Å². The highest BCUT2D eigenvalue weighted by molar-refractivity contribution is 5.74. The first-order valence-electron chi connectivity index (χ1n) is 6.34. The van der Waals surface area contributed by atoms with Gasteiger partial charge < -0.3 is 20.6 Å². The monoisotopic (exact) mass is 266 g/mol. The van der Waals surface area contributed by atoms with E-state index in [0.717, 1.165) is 11.4 Å². The van der Waals surface area contributed by atoms with Gasteiger partial charge in [-0.2, -0.15) is 0 Å². The highest BCUT2D eigenvalue weighted by atomic mass is 16.3. The standard InChI is InChI=1S/C13H22N4O2/c1-4-11(9-18)16-13(19)15-8-10-5-6-12(14-7-10)17(2)3/h5-7,11,18H,4,8-9H2,1-3H3,(H2,15,16,19)/t11-/m0/s1. The van der Waals surface area contributed by atoms with Gasteiger partial charge in [0.1, 0.15) is 5.82 Å². The van der Waals surface area contributed by atoms with Crippen molar-refractivity contribution in [3.8, 4) is 0 Å². The van der Waals surface area contributed by atoms with E-state index in [4.69, 9.17) is 5.11 Å². The Bertz CT molecular complexity index is 388. The number of aliphatic hydroxyl groups excluding tert-OH is 1. The number of aliphatic hydroxyl groups is 1. The molecule has 0 bridgehead atoms. The lowest BCUT2D eigenvalue weighted by Gasteiger charge is -2.15. The van der Waals surface area contributed by atoms with Gasteiger partial charge in [-0.15, -0.1) is 0 Å². The molecule has 0 aromatic carbocycles. The topological polar surface area (TPSA) is 77.5 Å². The first kappa shape index (κ1) is 15.2. The highest BCUT2D eigenvalue weighted by Crippen LogP contribution is 2.07. The quantitative estimate of drug-likeness (QED) is 0.709. The number of carbonyl (C=O) groups is 1. The van der Waals surface area contributed by atoms with Gasteiger partial charge in [0, 0.05) is 26.8 Å². The summed E-state index contributed by atoms with van der Waals surface area (Å²) in [6, 6.07) is 3.34. The molecular formula is C13H22N4O2. The van der Waals surface area contributed by atoms with Crippen molar-refractivity contribution in [3.05, 3.63) is 23.9 Å². The summed E-state index contributed by atoms with van der Waals surface area (Å²) in [6.45, 7) is 2.27. The number of aromatic nitrogens is 1. The van der Waals surface area contributed by atoms with Gasteiger partial charge in [0.25, 0.3) is 0 Å². The fourth-order valence-electron chi connectivity index (χ4n) is 1.48. The third kappa shape index (κ3) is 5.13. The van der Waals surface area contributed by atoms with E-state index in [1.54, 1.807) is 6.20 Å². The minimum Gasteiger partial charge on any atom is -0.394 e. The minimum absolute atomic E-state index is 0.0526. The molecule has 2 amide bonds. The number of hydrogen-bond acceptors (Lipinski definition) is 4. The molecular weight excluding hydrogens is 244 g/mol. The van der Waals surface area contributed by atoms with E-state index in [-0.39, 0.29) is 18.7 Å². The number of urea groups is 1. The van der Waals surface area contributed by atoms with E-state index in [1.165, 1.54) is 0 Å². The highest BCUT2D eigenvalue weighted by Gasteiger charge is 2.08. The molecule has 1 rings (SSSR count). The summed E-state index contributed by atoms with van der Waals surface area (Å²) in [5, 5.41) is 14.4. The van der Waals surface area contributed by atoms with Gasteiger partial charge in [-0.25, -0.2) is 9.78 Å². The van der Waals surface area contributed by atoms with Crippen LogP contribution in [0.1, 0.15) is 18.9 Å². The second-order valence-corrected chi connectivity index (χ2v) is 4.53. The van der Waals surface area contributed by atoms with Crippen LogP contribution in [0.5, 0.6) is 0 Å². The van der Waals surface area contributed by atoms with Crippen LogP contribution in [-0.2, 0) is 6.54 Å². The molecule has 106 valence electrons. The van der Waals surface area contributed by atoms with Gasteiger partial charge in [0.05, 0.1) is 12.6 Å². The number of anilines is 1. The Morgan fingerprint density at radius 3 is 2.68 bits per heavy atom. The van der Waals surface area contributed by atoms with Crippen LogP contribution >= 0.6 is 0 Å². The van der Waals surface area contributed by atoms with Crippen molar-refractivity contribution in [3.63, 3.8) is 0 Å². The number of pyridine rings is 1. The number of nitrogens with zero attached hydrogens (tertiary/aromatic N) is 2. The van der Waals surface area contributed by atoms with Crippen molar-refractivity contribution >= 4 is 11.8 Å². The van der Waals surface area contributed by atoms with E-state index in [2.05, 4.69) is 15.6 Å². The molecule has 1 heterocycles. The Morgan fingerprint density at radius 2 is 2.21 bits per heavy atom. The second-order valence-electron chi connectivity index (χ2n) is 4.53. The van der Waals surface area contributed by atoms with Crippen LogP contribution in [0.3, 0.4) is 0 Å². The molecule has 0 spiro atoms. The fourth-order valence-corrected chi connectivity index (χ4v) is 1.48. The zero-order valence-corrected chi connectivity index (χ0v) is 11.7. The SMILES string of the molecule is CC[C@@H](CO)NC(=O)NCc1ccc(N(C)C)nc1. The third-order valence-corrected chi connectivity index (χ3v) is 2.77. The molecule has 3 N–H and O–H groups in total. The number of hydrogen-bond donors (Lipinski definition) is 3. The maximum Gasteiger partial charge on any atom is 0.315 e. The lowest BCUT2D eigenvalue weighted by molar-refractivity contribution is 0.214. The van der Waals surface area contributed by atoms with Crippen molar-refractivity contribution in [1.29, 1.82) is 0 Å². The van der Waals surface area contributed by atoms with Crippen molar-refractivity contribution < 1.29 is 9.90 Å². The van der Waals surface area contributed by atoms with Gasteiger partial charge in [0.15, 0.2) is 0 Å². The van der Waals surface area contributed by atoms with Gasteiger partial charge in [-0.3, -0.25) is 0 Å². The Hall–Kier alpha value is -1.82. The Kier molecular flexibility index (Phi) is 6.08. The van der Waals surface area contributed by atoms with Crippen molar-refractivity contribution in [2.45, 2.75) is 25.9 Å². The molecule has 1 aromatic heterocycles. The molecule has 0 saturated carbocycles. The van der Waals surface area contributed by atoms with Crippen molar-refractivity contribution in [2.24, 2.45) is 0 Å². The van der Waals surface area contributed by atoms with Crippen molar-refractivity contribution in [2.75, 3.05) is 25.6 Å². The Labute approximate surface area is 113 Å². The molecule has 6 nitrogen and oxygen atoms in total. The van der Waals surface area contributed by atoms with Crippen LogP contribution in [0.2, 0.25) is 0 Å². The second kappa shape index (κ2) is 7.58. The predicted octanol–water partition coefficient (Wildman–Crippen LogP) is 0.718. The normalized spacial score (nSPS) is 11.8. The summed E-state index contributed by atoms with van der Waals surface area (Å²) in [4.78, 5) is 17.7. The first-order valence-corrected chi connectivity index (χ1v) is 6.34. The summed E-state index contributed by atoms with van der Waals surface area (Å²) in [5.74, 6) is 0.875. The molecule has 1 atom stereocenters. The van der Waals surface area contributed by atoms with Gasteiger partial charge in [-0.1, -0.05) is 13.0 Å². The zero-order chi connectivity index (χ0) is 14.3. The third-order valence-electron chi connectivity index (χ3n) is 2.77. The predicted molar refractivity (Wildman–Crippen MR) is 75.1 cm³/mol. The Balaban J connectivity index is 2.41. The van der Waals surface area contributed by atoms with Gasteiger partial charge in [-0.05, 0) is 18.1 Å². The van der Waals surface area contributed by atoms with E-state index in [9.17, 15) is 4.79 Å². The minimum atomic E-state index is -0.280. The molecule has 19 heavy (non-hydrogen) atoms. The zero-order valence-electron chi connectivity index (χ0n) is 11.7. The molecule has 0 aliphatic rings. The lowest BCUT2D eigenvalue weighted by Crippen LogP contribution is -2.43. The largest absolute Gasteiger partial charge is 0.394 e. The van der Waals surface area contributed by atoms with Crippen LogP contribution in [0, 0.1) is 0 Å². The van der Waals surface area contributed by atoms with Gasteiger partial charge >= 0.3 is 6.03 Å². The number of amides is 2. The summed E-state index contributed by atoms with van der Waals surface area (Å²) in [5.41, 5.74) is 0.929. The number of nitrogens with one attached hydrogen (secondary N) is 2. The average molecular weight is 266 g/mol. The maximum absolute atomic E-state index is 11.6. The van der Waals surface area contributed by atoms with Crippen LogP contribution in [0.15, 0.2) is 18.3 Å². The van der Waals surface area contributed by atoms with Crippen LogP contribution in [0.4, 0.5) is 10.6 Å². The Morgan fingerprint density at radius 1 is 1.47 bits per heavy atom. The maximum atomic E-state index is 11.6. The number of rotatable bonds is 6. The molecule has 0 fully saturated rings. The molecule has 0 saturated heterocycles. The van der Waals surface area contributed by atoms with Crippen LogP contribution < -0.4 is 15.5 Å².